The molecule has 1 N–H and O–H groups in total. The first kappa shape index (κ1) is 16.1. The Morgan fingerprint density at radius 1 is 1.04 bits per heavy atom. The fourth-order valence-corrected chi connectivity index (χ4v) is 2.67. The summed E-state index contributed by atoms with van der Waals surface area (Å²) in [7, 11) is 0. The number of benzene rings is 1. The highest BCUT2D eigenvalue weighted by Gasteiger charge is 2.21. The third kappa shape index (κ3) is 3.59. The van der Waals surface area contributed by atoms with Crippen molar-refractivity contribution in [3.8, 4) is 0 Å². The maximum Gasteiger partial charge on any atom is 0.272 e. The Balaban J connectivity index is 1.68. The molecule has 0 saturated carbocycles. The van der Waals surface area contributed by atoms with Gasteiger partial charge >= 0.3 is 0 Å². The molecule has 2 amide bonds. The fourth-order valence-electron chi connectivity index (χ4n) is 2.67. The maximum atomic E-state index is 13.6. The average Bonchev–Trinajstić information content (AvgIpc) is 3.15. The number of nitrogens with one attached hydrogen (secondary N) is 1. The summed E-state index contributed by atoms with van der Waals surface area (Å²) in [6, 6.07) is 11.0. The molecular formula is C18H18FN3O2. The number of halogens is 1. The van der Waals surface area contributed by atoms with E-state index >= 15 is 0 Å². The average molecular weight is 327 g/mol. The Morgan fingerprint density at radius 2 is 1.75 bits per heavy atom. The number of nitrogens with zero attached hydrogens (tertiary/aromatic N) is 2. The smallest absolute Gasteiger partial charge is 0.272 e. The van der Waals surface area contributed by atoms with E-state index in [1.165, 1.54) is 12.1 Å². The van der Waals surface area contributed by atoms with Gasteiger partial charge in [-0.1, -0.05) is 24.3 Å². The minimum Gasteiger partial charge on any atom is -0.347 e. The van der Waals surface area contributed by atoms with Gasteiger partial charge in [0.2, 0.25) is 0 Å². The van der Waals surface area contributed by atoms with Crippen molar-refractivity contribution >= 4 is 11.8 Å². The molecule has 3 rings (SSSR count). The predicted octanol–water partition coefficient (Wildman–Crippen LogP) is 2.39. The van der Waals surface area contributed by atoms with Crippen LogP contribution in [0.25, 0.3) is 0 Å². The summed E-state index contributed by atoms with van der Waals surface area (Å²) < 4.78 is 13.6. The molecule has 5 nitrogen and oxygen atoms in total. The van der Waals surface area contributed by atoms with E-state index in [1.54, 1.807) is 35.2 Å². The van der Waals surface area contributed by atoms with Crippen molar-refractivity contribution in [1.82, 2.24) is 15.2 Å². The van der Waals surface area contributed by atoms with Gasteiger partial charge in [-0.15, -0.1) is 0 Å². The lowest BCUT2D eigenvalue weighted by Crippen LogP contribution is -2.30. The van der Waals surface area contributed by atoms with Crippen LogP contribution in [0, 0.1) is 5.82 Å². The molecule has 124 valence electrons. The molecule has 0 bridgehead atoms. The normalized spacial score (nSPS) is 13.8. The van der Waals surface area contributed by atoms with Crippen LogP contribution in [0.4, 0.5) is 4.39 Å². The van der Waals surface area contributed by atoms with Crippen LogP contribution < -0.4 is 5.32 Å². The largest absolute Gasteiger partial charge is 0.347 e. The van der Waals surface area contributed by atoms with E-state index in [-0.39, 0.29) is 29.7 Å². The monoisotopic (exact) mass is 327 g/mol. The van der Waals surface area contributed by atoms with Crippen LogP contribution in [0.15, 0.2) is 42.5 Å². The molecular weight excluding hydrogens is 309 g/mol. The van der Waals surface area contributed by atoms with Gasteiger partial charge in [0.05, 0.1) is 0 Å². The Kier molecular flexibility index (Phi) is 4.84. The zero-order valence-corrected chi connectivity index (χ0v) is 13.2. The van der Waals surface area contributed by atoms with E-state index in [0.29, 0.717) is 5.56 Å². The van der Waals surface area contributed by atoms with E-state index in [2.05, 4.69) is 10.3 Å². The lowest BCUT2D eigenvalue weighted by Gasteiger charge is -2.14. The molecule has 1 aromatic heterocycles. The standard InChI is InChI=1S/C18H18FN3O2/c19-14-7-2-1-6-13(14)12-20-17(23)15-8-5-9-16(21-15)18(24)22-10-3-4-11-22/h1-2,5-9H,3-4,10-12H2,(H,20,23). The minimum atomic E-state index is -0.436. The first-order valence-electron chi connectivity index (χ1n) is 7.93. The lowest BCUT2D eigenvalue weighted by atomic mass is 10.2. The highest BCUT2D eigenvalue weighted by atomic mass is 19.1. The summed E-state index contributed by atoms with van der Waals surface area (Å²) >= 11 is 0. The molecule has 2 aromatic rings. The van der Waals surface area contributed by atoms with Crippen molar-refractivity contribution in [2.75, 3.05) is 13.1 Å². The van der Waals surface area contributed by atoms with E-state index in [4.69, 9.17) is 0 Å². The van der Waals surface area contributed by atoms with Crippen molar-refractivity contribution < 1.29 is 14.0 Å². The maximum absolute atomic E-state index is 13.6. The molecule has 6 heteroatoms. The van der Waals surface area contributed by atoms with Crippen LogP contribution in [-0.4, -0.2) is 34.8 Å². The predicted molar refractivity (Wildman–Crippen MR) is 86.9 cm³/mol. The number of carbonyl (C=O) groups excluding carboxylic acids is 2. The highest BCUT2D eigenvalue weighted by Crippen LogP contribution is 2.12. The molecule has 2 heterocycles. The Bertz CT molecular complexity index is 757. The van der Waals surface area contributed by atoms with Gasteiger partial charge in [0, 0.05) is 25.2 Å². The molecule has 0 radical (unpaired) electrons. The molecule has 1 aliphatic heterocycles. The van der Waals surface area contributed by atoms with Crippen LogP contribution in [0.1, 0.15) is 39.4 Å². The molecule has 24 heavy (non-hydrogen) atoms. The van der Waals surface area contributed by atoms with E-state index in [1.807, 2.05) is 0 Å². The third-order valence-electron chi connectivity index (χ3n) is 3.99. The molecule has 1 aliphatic rings. The zero-order valence-electron chi connectivity index (χ0n) is 13.2. The number of hydrogen-bond acceptors (Lipinski definition) is 3. The number of carbonyl (C=O) groups is 2. The van der Waals surface area contributed by atoms with E-state index < -0.39 is 5.91 Å². The van der Waals surface area contributed by atoms with Crippen LogP contribution in [0.3, 0.4) is 0 Å². The summed E-state index contributed by atoms with van der Waals surface area (Å²) in [6.07, 6.45) is 1.99. The minimum absolute atomic E-state index is 0.0670. The van der Waals surface area contributed by atoms with Crippen molar-refractivity contribution in [2.45, 2.75) is 19.4 Å². The number of aromatic nitrogens is 1. The van der Waals surface area contributed by atoms with Crippen molar-refractivity contribution in [3.05, 3.63) is 65.2 Å². The Morgan fingerprint density at radius 3 is 2.50 bits per heavy atom. The third-order valence-corrected chi connectivity index (χ3v) is 3.99. The lowest BCUT2D eigenvalue weighted by molar-refractivity contribution is 0.0787. The molecule has 0 atom stereocenters. The van der Waals surface area contributed by atoms with Gasteiger partial charge in [0.15, 0.2) is 0 Å². The summed E-state index contributed by atoms with van der Waals surface area (Å²) in [5.74, 6) is -0.964. The molecule has 1 saturated heterocycles. The van der Waals surface area contributed by atoms with Gasteiger partial charge in [-0.3, -0.25) is 9.59 Å². The molecule has 0 aliphatic carbocycles. The second-order valence-electron chi connectivity index (χ2n) is 5.68. The van der Waals surface area contributed by atoms with Crippen LogP contribution in [0.2, 0.25) is 0 Å². The van der Waals surface area contributed by atoms with Gasteiger partial charge in [0.1, 0.15) is 17.2 Å². The van der Waals surface area contributed by atoms with Gasteiger partial charge in [0.25, 0.3) is 11.8 Å². The van der Waals surface area contributed by atoms with E-state index in [0.717, 1.165) is 25.9 Å². The Labute approximate surface area is 139 Å². The van der Waals surface area contributed by atoms with Crippen LogP contribution in [-0.2, 0) is 6.54 Å². The molecule has 1 aromatic carbocycles. The SMILES string of the molecule is O=C(NCc1ccccc1F)c1cccc(C(=O)N2CCCC2)n1. The highest BCUT2D eigenvalue weighted by molar-refractivity contribution is 5.96. The number of pyridine rings is 1. The van der Waals surface area contributed by atoms with Gasteiger partial charge in [-0.25, -0.2) is 9.37 Å². The summed E-state index contributed by atoms with van der Waals surface area (Å²) in [6.45, 7) is 1.52. The second kappa shape index (κ2) is 7.21. The second-order valence-corrected chi connectivity index (χ2v) is 5.68. The Hall–Kier alpha value is -2.76. The molecule has 1 fully saturated rings. The number of hydrogen-bond donors (Lipinski definition) is 1. The first-order valence-corrected chi connectivity index (χ1v) is 7.93. The summed E-state index contributed by atoms with van der Waals surface area (Å²) in [4.78, 5) is 30.4. The van der Waals surface area contributed by atoms with E-state index in [9.17, 15) is 14.0 Å². The summed E-state index contributed by atoms with van der Waals surface area (Å²) in [5, 5.41) is 2.63. The number of likely N-dealkylation sites (tertiary alicyclic amines) is 1. The molecule has 0 unspecified atom stereocenters. The van der Waals surface area contributed by atoms with Crippen molar-refractivity contribution in [3.63, 3.8) is 0 Å². The topological polar surface area (TPSA) is 62.3 Å². The fraction of sp³-hybridized carbons (Fsp3) is 0.278. The van der Waals surface area contributed by atoms with Gasteiger partial charge in [-0.05, 0) is 31.0 Å². The van der Waals surface area contributed by atoms with Gasteiger partial charge in [-0.2, -0.15) is 0 Å². The number of amides is 2. The summed E-state index contributed by atoms with van der Waals surface area (Å²) in [5.41, 5.74) is 0.807. The van der Waals surface area contributed by atoms with Crippen LogP contribution in [0.5, 0.6) is 0 Å². The van der Waals surface area contributed by atoms with Crippen molar-refractivity contribution in [1.29, 1.82) is 0 Å². The first-order chi connectivity index (χ1) is 11.6. The zero-order chi connectivity index (χ0) is 16.9. The molecule has 0 spiro atoms. The van der Waals surface area contributed by atoms with Crippen molar-refractivity contribution in [2.24, 2.45) is 0 Å². The van der Waals surface area contributed by atoms with Gasteiger partial charge < -0.3 is 10.2 Å². The van der Waals surface area contributed by atoms with Crippen LogP contribution >= 0.6 is 0 Å². The number of rotatable bonds is 4. The quantitative estimate of drug-likeness (QED) is 0.938.